The number of hydrogen-bond donors (Lipinski definition) is 1. The van der Waals surface area contributed by atoms with Gasteiger partial charge in [-0.05, 0) is 43.7 Å². The Bertz CT molecular complexity index is 477. The third kappa shape index (κ3) is 3.50. The van der Waals surface area contributed by atoms with Crippen molar-refractivity contribution in [3.63, 3.8) is 0 Å². The minimum absolute atomic E-state index is 0.181. The third-order valence-electron chi connectivity index (χ3n) is 4.43. The number of nitrogens with one attached hydrogen (secondary N) is 1. The molecule has 0 aliphatic carbocycles. The van der Waals surface area contributed by atoms with Gasteiger partial charge in [0.25, 0.3) is 0 Å². The molecule has 0 bridgehead atoms. The Balaban J connectivity index is 1.54. The van der Waals surface area contributed by atoms with Crippen LogP contribution in [0.3, 0.4) is 0 Å². The highest BCUT2D eigenvalue weighted by molar-refractivity contribution is 6.30. The summed E-state index contributed by atoms with van der Waals surface area (Å²) in [5.41, 5.74) is 1.19. The topological polar surface area (TPSA) is 35.6 Å². The molecule has 0 unspecified atom stereocenters. The fraction of sp³-hybridized carbons (Fsp3) is 0.562. The molecule has 2 fully saturated rings. The lowest BCUT2D eigenvalue weighted by Crippen LogP contribution is -2.52. The summed E-state index contributed by atoms with van der Waals surface area (Å²) in [6, 6.07) is 7.93. The molecular formula is C16H22ClN3O. The van der Waals surface area contributed by atoms with Gasteiger partial charge in [0.15, 0.2) is 0 Å². The number of piperazine rings is 1. The minimum atomic E-state index is 0.181. The first-order valence-electron chi connectivity index (χ1n) is 7.74. The Morgan fingerprint density at radius 2 is 1.86 bits per heavy atom. The van der Waals surface area contributed by atoms with Crippen LogP contribution in [-0.4, -0.2) is 50.1 Å². The van der Waals surface area contributed by atoms with Gasteiger partial charge in [0.1, 0.15) is 0 Å². The van der Waals surface area contributed by atoms with Gasteiger partial charge in [0.2, 0.25) is 5.91 Å². The zero-order valence-electron chi connectivity index (χ0n) is 12.2. The molecule has 3 rings (SSSR count). The molecule has 2 saturated heterocycles. The molecule has 4 nitrogen and oxygen atoms in total. The average Bonchev–Trinajstić information content (AvgIpc) is 2.56. The standard InChI is InChI=1S/C16H22ClN3O/c17-14-3-5-15(6-4-14)19-8-10-20(11-9-19)16(21)13-2-1-7-18-12-13/h3-6,13,18H,1-2,7-12H2/t13-/m0/s1. The second-order valence-electron chi connectivity index (χ2n) is 5.83. The Morgan fingerprint density at radius 3 is 2.48 bits per heavy atom. The van der Waals surface area contributed by atoms with Crippen LogP contribution in [0.1, 0.15) is 12.8 Å². The summed E-state index contributed by atoms with van der Waals surface area (Å²) in [7, 11) is 0. The van der Waals surface area contributed by atoms with Crippen LogP contribution >= 0.6 is 11.6 Å². The number of piperidine rings is 1. The summed E-state index contributed by atoms with van der Waals surface area (Å²) in [5, 5.41) is 4.09. The summed E-state index contributed by atoms with van der Waals surface area (Å²) >= 11 is 5.92. The molecule has 1 N–H and O–H groups in total. The summed E-state index contributed by atoms with van der Waals surface area (Å²) < 4.78 is 0. The molecule has 2 heterocycles. The van der Waals surface area contributed by atoms with Crippen molar-refractivity contribution >= 4 is 23.2 Å². The Labute approximate surface area is 131 Å². The SMILES string of the molecule is O=C([C@H]1CCCNC1)N1CCN(c2ccc(Cl)cc2)CC1. The lowest BCUT2D eigenvalue weighted by atomic mass is 9.98. The van der Waals surface area contributed by atoms with E-state index in [2.05, 4.69) is 10.2 Å². The van der Waals surface area contributed by atoms with Gasteiger partial charge in [-0.25, -0.2) is 0 Å². The van der Waals surface area contributed by atoms with Crippen molar-refractivity contribution in [2.24, 2.45) is 5.92 Å². The van der Waals surface area contributed by atoms with E-state index < -0.39 is 0 Å². The van der Waals surface area contributed by atoms with Crippen LogP contribution in [0.5, 0.6) is 0 Å². The lowest BCUT2D eigenvalue weighted by molar-refractivity contribution is -0.136. The molecule has 0 saturated carbocycles. The number of benzene rings is 1. The van der Waals surface area contributed by atoms with E-state index in [1.807, 2.05) is 29.2 Å². The van der Waals surface area contributed by atoms with E-state index in [1.54, 1.807) is 0 Å². The van der Waals surface area contributed by atoms with Crippen LogP contribution < -0.4 is 10.2 Å². The first-order chi connectivity index (χ1) is 10.2. The van der Waals surface area contributed by atoms with Crippen molar-refractivity contribution in [3.05, 3.63) is 29.3 Å². The van der Waals surface area contributed by atoms with E-state index in [4.69, 9.17) is 11.6 Å². The molecule has 114 valence electrons. The molecular weight excluding hydrogens is 286 g/mol. The molecule has 0 radical (unpaired) electrons. The Kier molecular flexibility index (Phi) is 4.66. The summed E-state index contributed by atoms with van der Waals surface area (Å²) in [6.07, 6.45) is 2.14. The van der Waals surface area contributed by atoms with Gasteiger partial charge in [0, 0.05) is 43.4 Å². The summed E-state index contributed by atoms with van der Waals surface area (Å²) in [6.45, 7) is 5.32. The number of carbonyl (C=O) groups is 1. The van der Waals surface area contributed by atoms with Gasteiger partial charge in [-0.1, -0.05) is 11.6 Å². The second-order valence-corrected chi connectivity index (χ2v) is 6.27. The van der Waals surface area contributed by atoms with E-state index >= 15 is 0 Å². The maximum absolute atomic E-state index is 12.5. The third-order valence-corrected chi connectivity index (χ3v) is 4.68. The van der Waals surface area contributed by atoms with Crippen LogP contribution in [0.2, 0.25) is 5.02 Å². The summed E-state index contributed by atoms with van der Waals surface area (Å²) in [4.78, 5) is 16.8. The molecule has 21 heavy (non-hydrogen) atoms. The van der Waals surface area contributed by atoms with Crippen LogP contribution in [0.4, 0.5) is 5.69 Å². The van der Waals surface area contributed by atoms with E-state index in [9.17, 15) is 4.79 Å². The molecule has 5 heteroatoms. The highest BCUT2D eigenvalue weighted by Gasteiger charge is 2.28. The van der Waals surface area contributed by atoms with Gasteiger partial charge >= 0.3 is 0 Å². The molecule has 0 spiro atoms. The highest BCUT2D eigenvalue weighted by atomic mass is 35.5. The largest absolute Gasteiger partial charge is 0.368 e. The van der Waals surface area contributed by atoms with Gasteiger partial charge in [-0.3, -0.25) is 4.79 Å². The van der Waals surface area contributed by atoms with Crippen molar-refractivity contribution < 1.29 is 4.79 Å². The Morgan fingerprint density at radius 1 is 1.14 bits per heavy atom. The quantitative estimate of drug-likeness (QED) is 0.907. The van der Waals surface area contributed by atoms with Crippen LogP contribution in [0, 0.1) is 5.92 Å². The average molecular weight is 308 g/mol. The van der Waals surface area contributed by atoms with E-state index in [0.29, 0.717) is 5.91 Å². The number of hydrogen-bond acceptors (Lipinski definition) is 3. The van der Waals surface area contributed by atoms with E-state index in [-0.39, 0.29) is 5.92 Å². The number of amides is 1. The smallest absolute Gasteiger partial charge is 0.227 e. The number of anilines is 1. The monoisotopic (exact) mass is 307 g/mol. The number of nitrogens with zero attached hydrogens (tertiary/aromatic N) is 2. The normalized spacial score (nSPS) is 23.2. The molecule has 1 atom stereocenters. The van der Waals surface area contributed by atoms with Crippen molar-refractivity contribution in [2.45, 2.75) is 12.8 Å². The van der Waals surface area contributed by atoms with Crippen molar-refractivity contribution in [2.75, 3.05) is 44.2 Å². The van der Waals surface area contributed by atoms with Crippen molar-refractivity contribution in [3.8, 4) is 0 Å². The number of carbonyl (C=O) groups excluding carboxylic acids is 1. The van der Waals surface area contributed by atoms with Crippen LogP contribution in [0.15, 0.2) is 24.3 Å². The maximum Gasteiger partial charge on any atom is 0.227 e. The Hall–Kier alpha value is -1.26. The fourth-order valence-corrected chi connectivity index (χ4v) is 3.28. The summed E-state index contributed by atoms with van der Waals surface area (Å²) in [5.74, 6) is 0.513. The predicted molar refractivity (Wildman–Crippen MR) is 85.8 cm³/mol. The number of rotatable bonds is 2. The van der Waals surface area contributed by atoms with Gasteiger partial charge in [-0.15, -0.1) is 0 Å². The van der Waals surface area contributed by atoms with Gasteiger partial charge in [0.05, 0.1) is 5.92 Å². The predicted octanol–water partition coefficient (Wildman–Crippen LogP) is 1.99. The molecule has 1 aromatic rings. The fourth-order valence-electron chi connectivity index (χ4n) is 3.16. The highest BCUT2D eigenvalue weighted by Crippen LogP contribution is 2.21. The lowest BCUT2D eigenvalue weighted by Gasteiger charge is -2.38. The first-order valence-corrected chi connectivity index (χ1v) is 8.12. The molecule has 2 aliphatic heterocycles. The molecule has 2 aliphatic rings. The van der Waals surface area contributed by atoms with Crippen LogP contribution in [-0.2, 0) is 4.79 Å². The number of halogens is 1. The maximum atomic E-state index is 12.5. The van der Waals surface area contributed by atoms with E-state index in [1.165, 1.54) is 5.69 Å². The molecule has 0 aromatic heterocycles. The van der Waals surface area contributed by atoms with E-state index in [0.717, 1.165) is 57.1 Å². The van der Waals surface area contributed by atoms with Crippen LogP contribution in [0.25, 0.3) is 0 Å². The minimum Gasteiger partial charge on any atom is -0.368 e. The molecule has 1 amide bonds. The zero-order valence-corrected chi connectivity index (χ0v) is 13.0. The zero-order chi connectivity index (χ0) is 14.7. The molecule has 1 aromatic carbocycles. The second kappa shape index (κ2) is 6.67. The van der Waals surface area contributed by atoms with Crippen molar-refractivity contribution in [1.29, 1.82) is 0 Å². The first kappa shape index (κ1) is 14.7. The van der Waals surface area contributed by atoms with Crippen molar-refractivity contribution in [1.82, 2.24) is 10.2 Å². The van der Waals surface area contributed by atoms with Gasteiger partial charge in [-0.2, -0.15) is 0 Å². The van der Waals surface area contributed by atoms with Gasteiger partial charge < -0.3 is 15.1 Å².